The molecule has 256 valence electrons. The lowest BCUT2D eigenvalue weighted by molar-refractivity contribution is -0.109. The summed E-state index contributed by atoms with van der Waals surface area (Å²) in [4.78, 5) is 59.1. The van der Waals surface area contributed by atoms with E-state index in [0.717, 1.165) is 22.0 Å². The van der Waals surface area contributed by atoms with Crippen LogP contribution in [-0.4, -0.2) is 74.2 Å². The van der Waals surface area contributed by atoms with Gasteiger partial charge in [-0.25, -0.2) is 28.7 Å². The monoisotopic (exact) mass is 684 g/mol. The van der Waals surface area contributed by atoms with Crippen molar-refractivity contribution in [3.63, 3.8) is 0 Å². The highest BCUT2D eigenvalue weighted by molar-refractivity contribution is 6.57. The highest BCUT2D eigenvalue weighted by atomic mass is 16.5. The van der Waals surface area contributed by atoms with Gasteiger partial charge in [0.15, 0.2) is 0 Å². The average molecular weight is 685 g/mol. The number of carbonyl (C=O) groups is 4. The molecule has 51 heavy (non-hydrogen) atoms. The zero-order valence-corrected chi connectivity index (χ0v) is 27.4. The number of Topliss-reactive ketones (excluding diaryl/α,β-unsaturated/α-hetero) is 2. The number of aromatic nitrogens is 2. The summed E-state index contributed by atoms with van der Waals surface area (Å²) in [5.74, 6) is -1.15. The van der Waals surface area contributed by atoms with Crippen LogP contribution < -0.4 is 11.1 Å². The molecule has 5 aromatic rings. The van der Waals surface area contributed by atoms with E-state index in [1.165, 1.54) is 0 Å². The molecule has 0 atom stereocenters. The molecule has 0 fully saturated rings. The molecule has 8 rings (SSSR count). The van der Waals surface area contributed by atoms with E-state index in [4.69, 9.17) is 10.5 Å². The Morgan fingerprint density at radius 1 is 0.804 bits per heavy atom. The predicted molar refractivity (Wildman–Crippen MR) is 191 cm³/mol. The van der Waals surface area contributed by atoms with Crippen LogP contribution in [0.4, 0.5) is 15.3 Å². The predicted octanol–water partition coefficient (Wildman–Crippen LogP) is 5.51. The van der Waals surface area contributed by atoms with Crippen molar-refractivity contribution in [3.8, 4) is 11.8 Å². The van der Waals surface area contributed by atoms with Gasteiger partial charge in [-0.15, -0.1) is 0 Å². The number of hydrogen-bond donors (Lipinski definition) is 4. The molecular weight excluding hydrogens is 652 g/mol. The van der Waals surface area contributed by atoms with Crippen LogP contribution in [0.5, 0.6) is 11.8 Å². The molecule has 0 saturated carbocycles. The molecular formula is C38H32N6O7. The first-order valence-corrected chi connectivity index (χ1v) is 16.3. The van der Waals surface area contributed by atoms with E-state index >= 15 is 0 Å². The number of aromatic hydroxyl groups is 2. The Morgan fingerprint density at radius 3 is 2.04 bits per heavy atom. The molecule has 2 aliphatic heterocycles. The Morgan fingerprint density at radius 2 is 1.39 bits per heavy atom. The summed E-state index contributed by atoms with van der Waals surface area (Å²) in [6.07, 6.45) is 4.73. The Balaban J connectivity index is 0.000000159. The van der Waals surface area contributed by atoms with Crippen molar-refractivity contribution < 1.29 is 34.1 Å². The summed E-state index contributed by atoms with van der Waals surface area (Å²) in [5, 5.41) is 25.3. The first-order valence-electron chi connectivity index (χ1n) is 16.3. The lowest BCUT2D eigenvalue weighted by Gasteiger charge is -2.07. The number of carbonyl (C=O) groups excluding carboxylic acids is 4. The van der Waals surface area contributed by atoms with Gasteiger partial charge in [-0.1, -0.05) is 60.7 Å². The zero-order chi connectivity index (χ0) is 35.8. The molecule has 13 nitrogen and oxygen atoms in total. The van der Waals surface area contributed by atoms with Crippen molar-refractivity contribution in [1.82, 2.24) is 14.5 Å². The minimum absolute atomic E-state index is 0.130. The molecule has 4 heterocycles. The van der Waals surface area contributed by atoms with Gasteiger partial charge in [0.05, 0.1) is 40.2 Å². The summed E-state index contributed by atoms with van der Waals surface area (Å²) in [6.45, 7) is 2.42. The van der Waals surface area contributed by atoms with Crippen molar-refractivity contribution >= 4 is 62.6 Å². The van der Waals surface area contributed by atoms with Gasteiger partial charge in [0, 0.05) is 35.0 Å². The van der Waals surface area contributed by atoms with Crippen LogP contribution in [0, 0.1) is 0 Å². The topological polar surface area (TPSA) is 191 Å². The third-order valence-corrected chi connectivity index (χ3v) is 8.66. The highest BCUT2D eigenvalue weighted by Gasteiger charge is 2.35. The number of hydrogen-bond acceptors (Lipinski definition) is 10. The Kier molecular flexibility index (Phi) is 8.63. The highest BCUT2D eigenvalue weighted by Crippen LogP contribution is 2.39. The van der Waals surface area contributed by atoms with E-state index in [2.05, 4.69) is 15.3 Å². The van der Waals surface area contributed by atoms with Crippen molar-refractivity contribution in [2.75, 3.05) is 19.7 Å². The van der Waals surface area contributed by atoms with Crippen LogP contribution in [0.15, 0.2) is 106 Å². The van der Waals surface area contributed by atoms with Gasteiger partial charge in [0.1, 0.15) is 11.4 Å². The van der Waals surface area contributed by atoms with Crippen molar-refractivity contribution in [2.24, 2.45) is 15.7 Å². The van der Waals surface area contributed by atoms with Crippen LogP contribution >= 0.6 is 0 Å². The molecule has 0 radical (unpaired) electrons. The lowest BCUT2D eigenvalue weighted by Crippen LogP contribution is -2.32. The number of rotatable bonds is 5. The second kappa shape index (κ2) is 13.4. The molecule has 2 aromatic heterocycles. The quantitative estimate of drug-likeness (QED) is 0.186. The number of aliphatic imine (C=N–C) groups is 2. The minimum atomic E-state index is -0.690. The number of nitrogens with zero attached hydrogens (tertiary/aromatic N) is 4. The number of amides is 1. The van der Waals surface area contributed by atoms with E-state index < -0.39 is 12.1 Å². The SMILES string of the molecule is CCOC(=O)n1c(O)c(C2=NC3=CCCC=C3C2=O)c2ccccc21.NCCNC(=O)n1c(O)c(C2=Nc3ccccc3C2=O)c2ccccc21. The zero-order valence-electron chi connectivity index (χ0n) is 27.4. The van der Waals surface area contributed by atoms with E-state index in [1.807, 2.05) is 12.2 Å². The van der Waals surface area contributed by atoms with Gasteiger partial charge in [-0.05, 0) is 44.0 Å². The van der Waals surface area contributed by atoms with Crippen LogP contribution in [-0.2, 0) is 9.53 Å². The molecule has 13 heteroatoms. The Hall–Kier alpha value is -6.60. The van der Waals surface area contributed by atoms with Crippen molar-refractivity contribution in [1.29, 1.82) is 0 Å². The largest absolute Gasteiger partial charge is 0.494 e. The summed E-state index contributed by atoms with van der Waals surface area (Å²) >= 11 is 0. The summed E-state index contributed by atoms with van der Waals surface area (Å²) in [7, 11) is 0. The summed E-state index contributed by atoms with van der Waals surface area (Å²) < 4.78 is 7.25. The van der Waals surface area contributed by atoms with Crippen molar-refractivity contribution in [3.05, 3.63) is 113 Å². The smallest absolute Gasteiger partial charge is 0.421 e. The maximum Gasteiger partial charge on any atom is 0.421 e. The van der Waals surface area contributed by atoms with Gasteiger partial charge in [-0.3, -0.25) is 9.59 Å². The normalized spacial score (nSPS) is 14.6. The van der Waals surface area contributed by atoms with Crippen LogP contribution in [0.25, 0.3) is 21.8 Å². The van der Waals surface area contributed by atoms with E-state index in [1.54, 1.807) is 79.7 Å². The van der Waals surface area contributed by atoms with Gasteiger partial charge >= 0.3 is 12.1 Å². The van der Waals surface area contributed by atoms with E-state index in [-0.39, 0.29) is 65.6 Å². The van der Waals surface area contributed by atoms with Crippen LogP contribution in [0.1, 0.15) is 41.3 Å². The Bertz CT molecular complexity index is 2430. The molecule has 0 spiro atoms. The fourth-order valence-corrected chi connectivity index (χ4v) is 6.43. The molecule has 5 N–H and O–H groups in total. The van der Waals surface area contributed by atoms with Gasteiger partial charge in [-0.2, -0.15) is 0 Å². The average Bonchev–Trinajstić information content (AvgIpc) is 3.84. The second-order valence-corrected chi connectivity index (χ2v) is 11.7. The first kappa shape index (κ1) is 32.9. The van der Waals surface area contributed by atoms with Crippen LogP contribution in [0.2, 0.25) is 0 Å². The number of ketones is 2. The third kappa shape index (κ3) is 5.49. The van der Waals surface area contributed by atoms with Crippen molar-refractivity contribution in [2.45, 2.75) is 19.8 Å². The van der Waals surface area contributed by atoms with Gasteiger partial charge in [0.2, 0.25) is 23.3 Å². The molecule has 0 saturated heterocycles. The molecule has 3 aromatic carbocycles. The molecule has 1 amide bonds. The Labute approximate surface area is 290 Å². The van der Waals surface area contributed by atoms with Crippen LogP contribution in [0.3, 0.4) is 0 Å². The minimum Gasteiger partial charge on any atom is -0.494 e. The summed E-state index contributed by atoms with van der Waals surface area (Å²) in [5.41, 5.74) is 9.43. The number of nitrogens with two attached hydrogens (primary N) is 1. The maximum atomic E-state index is 12.8. The first-order chi connectivity index (χ1) is 24.8. The fraction of sp³-hybridized carbons (Fsp3) is 0.158. The number of allylic oxidation sites excluding steroid dienone is 3. The second-order valence-electron chi connectivity index (χ2n) is 11.7. The van der Waals surface area contributed by atoms with Gasteiger partial charge < -0.3 is 26.0 Å². The molecule has 0 bridgehead atoms. The van der Waals surface area contributed by atoms with E-state index in [0.29, 0.717) is 44.3 Å². The standard InChI is InChI=1S/C19H16N4O3.C19H16N2O4/c20-9-10-21-19(26)23-14-8-4-2-6-12(14)15(18(23)25)16-17(24)11-5-1-3-7-13(11)22-16;1-2-25-19(24)21-14-10-6-4-8-12(14)15(18(21)23)16-17(22)11-7-3-5-9-13(11)20-16/h1-8,25H,9-10,20H2,(H,21,26);4,6-10,23H,2-3,5H2,1H3. The fourth-order valence-electron chi connectivity index (χ4n) is 6.43. The molecule has 1 aliphatic carbocycles. The number of para-hydroxylation sites is 3. The van der Waals surface area contributed by atoms with E-state index in [9.17, 15) is 29.4 Å². The molecule has 3 aliphatic rings. The third-order valence-electron chi connectivity index (χ3n) is 8.66. The molecule has 0 unspecified atom stereocenters. The number of nitrogens with one attached hydrogen (secondary N) is 1. The number of benzene rings is 3. The van der Waals surface area contributed by atoms with Gasteiger partial charge in [0.25, 0.3) is 0 Å². The lowest BCUT2D eigenvalue weighted by atomic mass is 9.98. The summed E-state index contributed by atoms with van der Waals surface area (Å²) in [6, 6.07) is 20.4. The number of fused-ring (bicyclic) bond motifs is 4. The number of ether oxygens (including phenoxy) is 1. The maximum absolute atomic E-state index is 12.8.